The summed E-state index contributed by atoms with van der Waals surface area (Å²) in [5.41, 5.74) is 9.91. The van der Waals surface area contributed by atoms with Gasteiger partial charge in [-0.2, -0.15) is 0 Å². The van der Waals surface area contributed by atoms with Gasteiger partial charge in [0.25, 0.3) is 5.91 Å². The van der Waals surface area contributed by atoms with Gasteiger partial charge in [0.2, 0.25) is 5.60 Å². The lowest BCUT2D eigenvalue weighted by Crippen LogP contribution is -2.37. The van der Waals surface area contributed by atoms with E-state index in [1.807, 2.05) is 36.4 Å². The quantitative estimate of drug-likeness (QED) is 0.516. The highest BCUT2D eigenvalue weighted by atomic mass is 16.6. The number of anilines is 1. The Labute approximate surface area is 173 Å². The number of benzene rings is 1. The predicted octanol–water partition coefficient (Wildman–Crippen LogP) is 3.00. The number of aryl methyl sites for hydroxylation is 2. The molecule has 0 saturated heterocycles. The van der Waals surface area contributed by atoms with E-state index in [1.54, 1.807) is 6.20 Å². The first kappa shape index (κ1) is 18.4. The summed E-state index contributed by atoms with van der Waals surface area (Å²) in [7, 11) is 0. The van der Waals surface area contributed by atoms with Gasteiger partial charge in [-0.15, -0.1) is 0 Å². The summed E-state index contributed by atoms with van der Waals surface area (Å²) in [6.45, 7) is 3.90. The average molecular weight is 402 g/mol. The molecule has 2 aromatic heterocycles. The van der Waals surface area contributed by atoms with E-state index in [-0.39, 0.29) is 6.04 Å². The lowest BCUT2D eigenvalue weighted by molar-refractivity contribution is -0.127. The molecule has 1 amide bonds. The number of ether oxygens (including phenoxy) is 1. The molecule has 1 aromatic carbocycles. The first-order chi connectivity index (χ1) is 14.4. The number of nitrogens with one attached hydrogen (secondary N) is 1. The number of nitrogens with zero attached hydrogens (tertiary/aromatic N) is 2. The fourth-order valence-electron chi connectivity index (χ4n) is 4.06. The van der Waals surface area contributed by atoms with Crippen LogP contribution in [0.1, 0.15) is 45.3 Å². The minimum absolute atomic E-state index is 0.119. The van der Waals surface area contributed by atoms with Crippen molar-refractivity contribution in [2.45, 2.75) is 38.3 Å². The van der Waals surface area contributed by atoms with Crippen LogP contribution in [-0.2, 0) is 16.0 Å². The molecule has 7 heteroatoms. The number of hydrogen-bond acceptors (Lipinski definition) is 5. The van der Waals surface area contributed by atoms with E-state index in [9.17, 15) is 9.59 Å². The number of fused-ring (bicyclic) bond motifs is 3. The number of carbonyl (C=O) groups is 2. The van der Waals surface area contributed by atoms with Gasteiger partial charge in [-0.1, -0.05) is 30.3 Å². The number of imidazole rings is 1. The molecule has 3 aromatic rings. The maximum absolute atomic E-state index is 13.1. The number of amides is 1. The highest BCUT2D eigenvalue weighted by Gasteiger charge is 2.45. The lowest BCUT2D eigenvalue weighted by Gasteiger charge is -2.29. The van der Waals surface area contributed by atoms with Gasteiger partial charge in [-0.05, 0) is 50.0 Å². The zero-order chi connectivity index (χ0) is 21.0. The number of primary amides is 1. The number of rotatable bonds is 4. The van der Waals surface area contributed by atoms with E-state index in [0.717, 1.165) is 34.7 Å². The van der Waals surface area contributed by atoms with Crippen LogP contribution in [-0.4, -0.2) is 26.9 Å². The van der Waals surface area contributed by atoms with Crippen molar-refractivity contribution < 1.29 is 14.3 Å². The van der Waals surface area contributed by atoms with Gasteiger partial charge < -0.3 is 20.2 Å². The Kier molecular flexibility index (Phi) is 3.96. The Morgan fingerprint density at radius 2 is 1.97 bits per heavy atom. The number of carbonyl (C=O) groups excluding carboxylic acids is 2. The van der Waals surface area contributed by atoms with Crippen molar-refractivity contribution in [3.05, 3.63) is 76.8 Å². The number of hydrogen-bond donors (Lipinski definition) is 2. The molecule has 7 nitrogen and oxygen atoms in total. The molecule has 0 saturated carbocycles. The van der Waals surface area contributed by atoms with Crippen molar-refractivity contribution in [3.8, 4) is 0 Å². The molecule has 2 aliphatic rings. The van der Waals surface area contributed by atoms with Crippen LogP contribution in [0.15, 0.2) is 48.7 Å². The molecule has 30 heavy (non-hydrogen) atoms. The van der Waals surface area contributed by atoms with Gasteiger partial charge in [0.05, 0.1) is 23.0 Å². The van der Waals surface area contributed by atoms with Crippen molar-refractivity contribution >= 4 is 23.2 Å². The van der Waals surface area contributed by atoms with Crippen molar-refractivity contribution in [3.63, 3.8) is 0 Å². The normalized spacial score (nSPS) is 18.5. The first-order valence-electron chi connectivity index (χ1n) is 9.96. The summed E-state index contributed by atoms with van der Waals surface area (Å²) in [5.74, 6) is -1.26. The maximum atomic E-state index is 13.1. The second-order valence-electron chi connectivity index (χ2n) is 7.90. The van der Waals surface area contributed by atoms with E-state index < -0.39 is 17.5 Å². The minimum Gasteiger partial charge on any atom is -0.437 e. The highest BCUT2D eigenvalue weighted by Crippen LogP contribution is 2.39. The molecule has 3 N–H and O–H groups in total. The third kappa shape index (κ3) is 2.77. The Bertz CT molecular complexity index is 1220. The molecule has 5 rings (SSSR count). The zero-order valence-electron chi connectivity index (χ0n) is 16.8. The van der Waals surface area contributed by atoms with Crippen molar-refractivity contribution in [2.24, 2.45) is 5.73 Å². The summed E-state index contributed by atoms with van der Waals surface area (Å²) in [6, 6.07) is 10.3. The molecule has 1 aliphatic heterocycles. The largest absolute Gasteiger partial charge is 0.437 e. The van der Waals surface area contributed by atoms with Crippen LogP contribution in [0.25, 0.3) is 5.65 Å². The van der Waals surface area contributed by atoms with Gasteiger partial charge in [-0.25, -0.2) is 9.78 Å². The SMILES string of the molecule is Cc1nc2c3c(c(C(=O)OC4(C(N)=O)C=C4)cn2c1C)CCC(c1ccccc1)N3. The van der Waals surface area contributed by atoms with Crippen LogP contribution in [0.3, 0.4) is 0 Å². The van der Waals surface area contributed by atoms with Crippen molar-refractivity contribution in [1.82, 2.24) is 9.38 Å². The van der Waals surface area contributed by atoms with Crippen molar-refractivity contribution in [2.75, 3.05) is 5.32 Å². The number of pyridine rings is 1. The molecular formula is C23H22N4O3. The van der Waals surface area contributed by atoms with Crippen LogP contribution in [0.2, 0.25) is 0 Å². The second-order valence-corrected chi connectivity index (χ2v) is 7.90. The molecule has 0 bridgehead atoms. The van der Waals surface area contributed by atoms with Gasteiger partial charge in [0, 0.05) is 11.9 Å². The molecule has 152 valence electrons. The third-order valence-corrected chi connectivity index (χ3v) is 6.03. The Balaban J connectivity index is 1.61. The Morgan fingerprint density at radius 3 is 2.63 bits per heavy atom. The molecular weight excluding hydrogens is 380 g/mol. The van der Waals surface area contributed by atoms with E-state index >= 15 is 0 Å². The van der Waals surface area contributed by atoms with Crippen LogP contribution in [0.5, 0.6) is 0 Å². The van der Waals surface area contributed by atoms with E-state index in [2.05, 4.69) is 17.4 Å². The summed E-state index contributed by atoms with van der Waals surface area (Å²) < 4.78 is 7.39. The second kappa shape index (κ2) is 6.45. The van der Waals surface area contributed by atoms with E-state index in [4.69, 9.17) is 15.5 Å². The molecule has 3 heterocycles. The molecule has 1 unspecified atom stereocenters. The standard InChI is InChI=1S/C23H22N4O3/c1-13-14(2)27-12-17(21(28)30-23(10-11-23)22(24)29)16-8-9-18(15-6-4-3-5-7-15)26-19(16)20(27)25-13/h3-7,10-12,18,26H,8-9H2,1-2H3,(H2,24,29). The number of esters is 1. The Hall–Kier alpha value is -3.61. The zero-order valence-corrected chi connectivity index (χ0v) is 16.8. The first-order valence-corrected chi connectivity index (χ1v) is 9.96. The summed E-state index contributed by atoms with van der Waals surface area (Å²) >= 11 is 0. The monoisotopic (exact) mass is 402 g/mol. The van der Waals surface area contributed by atoms with Crippen LogP contribution in [0, 0.1) is 13.8 Å². The summed E-state index contributed by atoms with van der Waals surface area (Å²) in [6.07, 6.45) is 6.26. The van der Waals surface area contributed by atoms with Gasteiger partial charge >= 0.3 is 5.97 Å². The predicted molar refractivity (Wildman–Crippen MR) is 112 cm³/mol. The van der Waals surface area contributed by atoms with Gasteiger partial charge in [0.15, 0.2) is 5.65 Å². The number of nitrogens with two attached hydrogens (primary N) is 1. The molecule has 0 spiro atoms. The Morgan fingerprint density at radius 1 is 1.23 bits per heavy atom. The number of aromatic nitrogens is 2. The van der Waals surface area contributed by atoms with Gasteiger partial charge in [-0.3, -0.25) is 4.79 Å². The van der Waals surface area contributed by atoms with Crippen LogP contribution >= 0.6 is 0 Å². The molecule has 1 aliphatic carbocycles. The van der Waals surface area contributed by atoms with Crippen LogP contribution < -0.4 is 11.1 Å². The van der Waals surface area contributed by atoms with E-state index in [0.29, 0.717) is 12.0 Å². The maximum Gasteiger partial charge on any atom is 0.341 e. The molecule has 1 atom stereocenters. The minimum atomic E-state index is -1.40. The van der Waals surface area contributed by atoms with E-state index in [1.165, 1.54) is 17.7 Å². The fraction of sp³-hybridized carbons (Fsp3) is 0.261. The van der Waals surface area contributed by atoms with Crippen molar-refractivity contribution in [1.29, 1.82) is 0 Å². The van der Waals surface area contributed by atoms with Gasteiger partial charge in [0.1, 0.15) is 0 Å². The molecule has 0 fully saturated rings. The molecule has 0 radical (unpaired) electrons. The third-order valence-electron chi connectivity index (χ3n) is 6.03. The average Bonchev–Trinajstić information content (AvgIpc) is 3.48. The summed E-state index contributed by atoms with van der Waals surface area (Å²) in [5, 5.41) is 3.59. The fourth-order valence-corrected chi connectivity index (χ4v) is 4.06. The smallest absolute Gasteiger partial charge is 0.341 e. The van der Waals surface area contributed by atoms with Crippen LogP contribution in [0.4, 0.5) is 5.69 Å². The summed E-state index contributed by atoms with van der Waals surface area (Å²) in [4.78, 5) is 29.5. The lowest BCUT2D eigenvalue weighted by atomic mass is 9.91. The highest BCUT2D eigenvalue weighted by molar-refractivity contribution is 6.00. The topological polar surface area (TPSA) is 98.7 Å².